The van der Waals surface area contributed by atoms with Crippen LogP contribution in [0.4, 0.5) is 4.39 Å². The van der Waals surface area contributed by atoms with Crippen LogP contribution >= 0.6 is 11.6 Å². The molecular formula is C17H20ClFN2O2. The van der Waals surface area contributed by atoms with Crippen LogP contribution in [0, 0.1) is 17.2 Å². The van der Waals surface area contributed by atoms with Crippen LogP contribution in [0.25, 0.3) is 0 Å². The van der Waals surface area contributed by atoms with Crippen LogP contribution in [0.2, 0.25) is 5.02 Å². The number of rotatable bonds is 4. The molecule has 6 heteroatoms. The molecule has 0 unspecified atom stereocenters. The predicted octanol–water partition coefficient (Wildman–Crippen LogP) is 2.99. The summed E-state index contributed by atoms with van der Waals surface area (Å²) in [7, 11) is 0. The van der Waals surface area contributed by atoms with E-state index in [-0.39, 0.29) is 17.4 Å². The third-order valence-electron chi connectivity index (χ3n) is 5.07. The number of carbonyl (C=O) groups excluding carboxylic acids is 2. The van der Waals surface area contributed by atoms with E-state index in [1.165, 1.54) is 18.2 Å². The smallest absolute Gasteiger partial charge is 0.256 e. The number of nitrogens with zero attached hydrogens (tertiary/aromatic N) is 1. The highest BCUT2D eigenvalue weighted by molar-refractivity contribution is 6.31. The van der Waals surface area contributed by atoms with Gasteiger partial charge in [-0.15, -0.1) is 0 Å². The van der Waals surface area contributed by atoms with E-state index >= 15 is 0 Å². The second-order valence-corrected chi connectivity index (χ2v) is 7.14. The lowest BCUT2D eigenvalue weighted by molar-refractivity contribution is -0.131. The fourth-order valence-corrected chi connectivity index (χ4v) is 3.57. The zero-order valence-electron chi connectivity index (χ0n) is 12.9. The van der Waals surface area contributed by atoms with Crippen molar-refractivity contribution in [2.75, 3.05) is 13.1 Å². The quantitative estimate of drug-likeness (QED) is 0.917. The van der Waals surface area contributed by atoms with E-state index in [1.807, 2.05) is 0 Å². The summed E-state index contributed by atoms with van der Waals surface area (Å²) < 4.78 is 13.9. The Bertz CT molecular complexity index is 637. The lowest BCUT2D eigenvalue weighted by Gasteiger charge is -2.40. The molecule has 1 aliphatic heterocycles. The number of benzene rings is 1. The van der Waals surface area contributed by atoms with Crippen LogP contribution in [0.15, 0.2) is 18.2 Å². The maximum absolute atomic E-state index is 13.9. The van der Waals surface area contributed by atoms with Gasteiger partial charge < -0.3 is 10.6 Å². The largest absolute Gasteiger partial charge is 0.369 e. The van der Waals surface area contributed by atoms with Crippen LogP contribution in [0.3, 0.4) is 0 Å². The van der Waals surface area contributed by atoms with Crippen molar-refractivity contribution in [1.82, 2.24) is 4.90 Å². The van der Waals surface area contributed by atoms with E-state index in [4.69, 9.17) is 17.3 Å². The summed E-state index contributed by atoms with van der Waals surface area (Å²) in [6, 6.07) is 3.96. The molecule has 1 saturated heterocycles. The minimum atomic E-state index is -0.580. The van der Waals surface area contributed by atoms with Gasteiger partial charge in [-0.25, -0.2) is 4.39 Å². The number of carbonyl (C=O) groups is 2. The molecule has 0 radical (unpaired) electrons. The van der Waals surface area contributed by atoms with Crippen molar-refractivity contribution in [2.24, 2.45) is 17.1 Å². The van der Waals surface area contributed by atoms with Gasteiger partial charge in [-0.1, -0.05) is 24.4 Å². The van der Waals surface area contributed by atoms with Gasteiger partial charge in [0.05, 0.1) is 11.0 Å². The third-order valence-corrected chi connectivity index (χ3v) is 5.30. The zero-order chi connectivity index (χ0) is 16.6. The first-order chi connectivity index (χ1) is 10.9. The number of nitrogens with two attached hydrogens (primary N) is 1. The summed E-state index contributed by atoms with van der Waals surface area (Å²) in [5, 5.41) is 0.326. The number of amides is 2. The van der Waals surface area contributed by atoms with Crippen molar-refractivity contribution in [3.8, 4) is 0 Å². The lowest BCUT2D eigenvalue weighted by atomic mass is 9.73. The summed E-state index contributed by atoms with van der Waals surface area (Å²) in [5.41, 5.74) is 5.10. The van der Waals surface area contributed by atoms with Crippen LogP contribution in [0.1, 0.15) is 42.5 Å². The average molecular weight is 339 g/mol. The summed E-state index contributed by atoms with van der Waals surface area (Å²) in [6.07, 6.45) is 4.23. The van der Waals surface area contributed by atoms with E-state index in [9.17, 15) is 14.0 Å². The van der Waals surface area contributed by atoms with Crippen molar-refractivity contribution < 1.29 is 14.0 Å². The van der Waals surface area contributed by atoms with E-state index in [2.05, 4.69) is 0 Å². The number of hydrogen-bond acceptors (Lipinski definition) is 2. The molecule has 4 nitrogen and oxygen atoms in total. The highest BCUT2D eigenvalue weighted by Gasteiger charge is 2.44. The first-order valence-corrected chi connectivity index (χ1v) is 8.33. The van der Waals surface area contributed by atoms with Gasteiger partial charge in [-0.3, -0.25) is 9.59 Å². The van der Waals surface area contributed by atoms with Gasteiger partial charge in [0.15, 0.2) is 0 Å². The monoisotopic (exact) mass is 338 g/mol. The molecule has 0 aromatic heterocycles. The minimum Gasteiger partial charge on any atom is -0.369 e. The van der Waals surface area contributed by atoms with Crippen molar-refractivity contribution in [2.45, 2.75) is 32.1 Å². The maximum atomic E-state index is 13.9. The molecule has 1 aromatic rings. The SMILES string of the molecule is NC(=O)C1(CC2CC2)CCN(C(=O)c2cc(Cl)ccc2F)CC1. The summed E-state index contributed by atoms with van der Waals surface area (Å²) in [4.78, 5) is 26.0. The molecular weight excluding hydrogens is 319 g/mol. The van der Waals surface area contributed by atoms with Gasteiger partial charge in [0.1, 0.15) is 5.82 Å². The molecule has 2 amide bonds. The Kier molecular flexibility index (Phi) is 4.32. The molecule has 1 heterocycles. The molecule has 0 spiro atoms. The topological polar surface area (TPSA) is 63.4 Å². The molecule has 2 fully saturated rings. The molecule has 3 rings (SSSR count). The number of halogens is 2. The molecule has 1 aromatic carbocycles. The van der Waals surface area contributed by atoms with E-state index in [0.29, 0.717) is 36.9 Å². The molecule has 0 atom stereocenters. The number of piperidine rings is 1. The van der Waals surface area contributed by atoms with Crippen LogP contribution < -0.4 is 5.73 Å². The first kappa shape index (κ1) is 16.2. The van der Waals surface area contributed by atoms with Crippen LogP contribution in [0.5, 0.6) is 0 Å². The van der Waals surface area contributed by atoms with Gasteiger partial charge in [0.2, 0.25) is 5.91 Å². The fourth-order valence-electron chi connectivity index (χ4n) is 3.40. The number of primary amides is 1. The Morgan fingerprint density at radius 3 is 2.52 bits per heavy atom. The molecule has 1 saturated carbocycles. The van der Waals surface area contributed by atoms with Gasteiger partial charge in [0.25, 0.3) is 5.91 Å². The van der Waals surface area contributed by atoms with Crippen LogP contribution in [-0.4, -0.2) is 29.8 Å². The second-order valence-electron chi connectivity index (χ2n) is 6.71. The molecule has 2 N–H and O–H groups in total. The summed E-state index contributed by atoms with van der Waals surface area (Å²) in [6.45, 7) is 0.834. The minimum absolute atomic E-state index is 0.0220. The van der Waals surface area contributed by atoms with Crippen molar-refractivity contribution in [3.05, 3.63) is 34.6 Å². The second kappa shape index (κ2) is 6.11. The highest BCUT2D eigenvalue weighted by atomic mass is 35.5. The van der Waals surface area contributed by atoms with Gasteiger partial charge in [0, 0.05) is 18.1 Å². The van der Waals surface area contributed by atoms with Gasteiger partial charge in [-0.2, -0.15) is 0 Å². The number of likely N-dealkylation sites (tertiary alicyclic amines) is 1. The fraction of sp³-hybridized carbons (Fsp3) is 0.529. The van der Waals surface area contributed by atoms with Crippen LogP contribution in [-0.2, 0) is 4.79 Å². The molecule has 0 bridgehead atoms. The van der Waals surface area contributed by atoms with E-state index in [0.717, 1.165) is 19.3 Å². The van der Waals surface area contributed by atoms with Crippen molar-refractivity contribution >= 4 is 23.4 Å². The Hall–Kier alpha value is -1.62. The standard InChI is InChI=1S/C17H20ClFN2O2/c18-12-3-4-14(19)13(9-12)15(22)21-7-5-17(6-8-21,16(20)23)10-11-1-2-11/h3-4,9,11H,1-2,5-8,10H2,(H2,20,23). The van der Waals surface area contributed by atoms with Gasteiger partial charge >= 0.3 is 0 Å². The molecule has 1 aliphatic carbocycles. The van der Waals surface area contributed by atoms with Gasteiger partial charge in [-0.05, 0) is 43.4 Å². The van der Waals surface area contributed by atoms with Crippen molar-refractivity contribution in [3.63, 3.8) is 0 Å². The molecule has 124 valence electrons. The Labute approximate surface area is 139 Å². The maximum Gasteiger partial charge on any atom is 0.256 e. The third kappa shape index (κ3) is 3.34. The van der Waals surface area contributed by atoms with E-state index < -0.39 is 11.2 Å². The zero-order valence-corrected chi connectivity index (χ0v) is 13.6. The Balaban J connectivity index is 1.71. The highest BCUT2D eigenvalue weighted by Crippen LogP contribution is 2.45. The molecule has 23 heavy (non-hydrogen) atoms. The normalized spacial score (nSPS) is 20.3. The average Bonchev–Trinajstić information content (AvgIpc) is 3.33. The molecule has 2 aliphatic rings. The summed E-state index contributed by atoms with van der Waals surface area (Å²) >= 11 is 5.85. The summed E-state index contributed by atoms with van der Waals surface area (Å²) in [5.74, 6) is -0.640. The van der Waals surface area contributed by atoms with Crippen molar-refractivity contribution in [1.29, 1.82) is 0 Å². The van der Waals surface area contributed by atoms with E-state index in [1.54, 1.807) is 4.90 Å². The number of hydrogen-bond donors (Lipinski definition) is 1. The Morgan fingerprint density at radius 1 is 1.30 bits per heavy atom. The lowest BCUT2D eigenvalue weighted by Crippen LogP contribution is -2.49. The predicted molar refractivity (Wildman–Crippen MR) is 85.5 cm³/mol. The Morgan fingerprint density at radius 2 is 1.96 bits per heavy atom. The first-order valence-electron chi connectivity index (χ1n) is 7.95.